The van der Waals surface area contributed by atoms with Crippen LogP contribution in [0.15, 0.2) is 24.4 Å². The lowest BCUT2D eigenvalue weighted by molar-refractivity contribution is -0.384. The van der Waals surface area contributed by atoms with Crippen LogP contribution < -0.4 is 4.65 Å². The van der Waals surface area contributed by atoms with Gasteiger partial charge in [0, 0.05) is 17.7 Å². The van der Waals surface area contributed by atoms with E-state index < -0.39 is 19.3 Å². The zero-order chi connectivity index (χ0) is 19.0. The van der Waals surface area contributed by atoms with Gasteiger partial charge in [-0.25, -0.2) is 4.53 Å². The third-order valence-corrected chi connectivity index (χ3v) is 9.67. The molecule has 0 aliphatic carbocycles. The van der Waals surface area contributed by atoms with E-state index in [4.69, 9.17) is 4.53 Å². The van der Waals surface area contributed by atoms with Crippen LogP contribution in [0.3, 0.4) is 0 Å². The topological polar surface area (TPSA) is 72.6 Å². The summed E-state index contributed by atoms with van der Waals surface area (Å²) in [6, 6.07) is 4.83. The van der Waals surface area contributed by atoms with Gasteiger partial charge < -0.3 is 5.11 Å². The molecule has 0 bridgehead atoms. The summed E-state index contributed by atoms with van der Waals surface area (Å²) in [5.74, 6) is 0. The highest BCUT2D eigenvalue weighted by atomic mass is 28.4. The molecule has 0 fully saturated rings. The number of nitro benzene ring substituents is 1. The average Bonchev–Trinajstić information content (AvgIpc) is 2.83. The van der Waals surface area contributed by atoms with Gasteiger partial charge in [-0.1, -0.05) is 27.7 Å². The van der Waals surface area contributed by atoms with E-state index in [0.29, 0.717) is 13.0 Å². The van der Waals surface area contributed by atoms with Crippen molar-refractivity contribution in [1.29, 1.82) is 0 Å². The van der Waals surface area contributed by atoms with Gasteiger partial charge in [-0.05, 0) is 30.6 Å². The van der Waals surface area contributed by atoms with E-state index in [1.807, 2.05) is 19.2 Å². The number of non-ortho nitro benzene ring substituents is 1. The Morgan fingerprint density at radius 1 is 1.36 bits per heavy atom. The standard InChI is InChI=1S/C18H29N2O4Si/c1-7-16(21)13-20(24-25(5,6)18(2,3)4)11-10-14-8-9-15(19(22)23)12-17(14)20/h8-12,16,21H,7,13H2,1-6H3/q+1. The van der Waals surface area contributed by atoms with Crippen LogP contribution in [0.4, 0.5) is 11.4 Å². The molecule has 6 nitrogen and oxygen atoms in total. The fourth-order valence-electron chi connectivity index (χ4n) is 2.66. The molecule has 1 aliphatic rings. The first-order chi connectivity index (χ1) is 11.4. The number of rotatable bonds is 6. The molecule has 0 saturated heterocycles. The minimum absolute atomic E-state index is 0.0164. The van der Waals surface area contributed by atoms with E-state index >= 15 is 0 Å². The Balaban J connectivity index is 2.55. The number of hydroxylamine groups is 2. The molecule has 0 radical (unpaired) electrons. The first-order valence-electron chi connectivity index (χ1n) is 8.67. The predicted molar refractivity (Wildman–Crippen MR) is 103 cm³/mol. The summed E-state index contributed by atoms with van der Waals surface area (Å²) in [5, 5.41) is 21.5. The summed E-state index contributed by atoms with van der Waals surface area (Å²) in [7, 11) is -2.19. The van der Waals surface area contributed by atoms with Gasteiger partial charge in [0.15, 0.2) is 5.69 Å². The maximum atomic E-state index is 11.2. The van der Waals surface area contributed by atoms with Crippen LogP contribution in [0.2, 0.25) is 18.1 Å². The molecule has 1 heterocycles. The maximum Gasteiger partial charge on any atom is 0.275 e. The first-order valence-corrected chi connectivity index (χ1v) is 11.6. The van der Waals surface area contributed by atoms with Crippen LogP contribution in [0.1, 0.15) is 39.7 Å². The van der Waals surface area contributed by atoms with Crippen molar-refractivity contribution < 1.29 is 14.6 Å². The summed E-state index contributed by atoms with van der Waals surface area (Å²) in [6.07, 6.45) is 3.88. The van der Waals surface area contributed by atoms with Gasteiger partial charge in [-0.15, -0.1) is 4.65 Å². The zero-order valence-electron chi connectivity index (χ0n) is 15.9. The predicted octanol–water partition coefficient (Wildman–Crippen LogP) is 4.59. The van der Waals surface area contributed by atoms with Crippen molar-refractivity contribution in [1.82, 2.24) is 4.65 Å². The van der Waals surface area contributed by atoms with Crippen molar-refractivity contribution in [2.75, 3.05) is 6.54 Å². The number of aliphatic hydroxyl groups excluding tert-OH is 1. The van der Waals surface area contributed by atoms with Crippen LogP contribution >= 0.6 is 0 Å². The maximum absolute atomic E-state index is 11.2. The molecule has 2 rings (SSSR count). The number of hydrogen-bond acceptors (Lipinski definition) is 4. The van der Waals surface area contributed by atoms with E-state index in [1.165, 1.54) is 6.07 Å². The molecule has 0 spiro atoms. The van der Waals surface area contributed by atoms with Crippen LogP contribution in [0, 0.1) is 10.1 Å². The average molecular weight is 366 g/mol. The molecular weight excluding hydrogens is 336 g/mol. The van der Waals surface area contributed by atoms with Gasteiger partial charge in [-0.2, -0.15) is 0 Å². The van der Waals surface area contributed by atoms with Gasteiger partial charge in [0.05, 0.1) is 11.0 Å². The lowest BCUT2D eigenvalue weighted by Crippen LogP contribution is -2.57. The van der Waals surface area contributed by atoms with Gasteiger partial charge in [0.2, 0.25) is 0 Å². The third kappa shape index (κ3) is 3.84. The molecular formula is C18H29N2O4Si+. The lowest BCUT2D eigenvalue weighted by Gasteiger charge is -2.42. The number of nitro groups is 1. The van der Waals surface area contributed by atoms with Crippen molar-refractivity contribution >= 4 is 25.8 Å². The molecule has 0 saturated carbocycles. The van der Waals surface area contributed by atoms with Gasteiger partial charge in [0.25, 0.3) is 14.0 Å². The molecule has 138 valence electrons. The first kappa shape index (κ1) is 19.8. The number of aliphatic hydroxyl groups is 1. The molecule has 0 amide bonds. The van der Waals surface area contributed by atoms with Crippen molar-refractivity contribution in [3.8, 4) is 0 Å². The summed E-state index contributed by atoms with van der Waals surface area (Å²) in [4.78, 5) is 10.8. The highest BCUT2D eigenvalue weighted by Crippen LogP contribution is 2.45. The Hall–Kier alpha value is -1.54. The van der Waals surface area contributed by atoms with E-state index in [0.717, 1.165) is 11.3 Å². The monoisotopic (exact) mass is 365 g/mol. The highest BCUT2D eigenvalue weighted by molar-refractivity contribution is 6.74. The Kier molecular flexibility index (Phi) is 5.25. The van der Waals surface area contributed by atoms with E-state index in [-0.39, 0.29) is 15.4 Å². The largest absolute Gasteiger partial charge is 0.387 e. The quantitative estimate of drug-likeness (QED) is 0.346. The van der Waals surface area contributed by atoms with E-state index in [9.17, 15) is 15.2 Å². The Morgan fingerprint density at radius 3 is 2.52 bits per heavy atom. The minimum Gasteiger partial charge on any atom is -0.387 e. The smallest absolute Gasteiger partial charge is 0.275 e. The molecule has 1 N–H and O–H groups in total. The van der Waals surface area contributed by atoms with E-state index in [2.05, 4.69) is 33.9 Å². The number of hydrogen-bond donors (Lipinski definition) is 1. The molecule has 25 heavy (non-hydrogen) atoms. The molecule has 1 aliphatic heterocycles. The van der Waals surface area contributed by atoms with Gasteiger partial charge >= 0.3 is 0 Å². The fourth-order valence-corrected chi connectivity index (χ4v) is 3.98. The molecule has 7 heteroatoms. The summed E-state index contributed by atoms with van der Waals surface area (Å²) in [5.41, 5.74) is 1.66. The summed E-state index contributed by atoms with van der Waals surface area (Å²) in [6.45, 7) is 13.0. The fraction of sp³-hybridized carbons (Fsp3) is 0.556. The lowest BCUT2D eigenvalue weighted by atomic mass is 10.1. The third-order valence-electron chi connectivity index (χ3n) is 5.28. The second-order valence-corrected chi connectivity index (χ2v) is 12.9. The number of quaternary nitrogens is 1. The SMILES string of the molecule is CCC(O)C[N+]1(O[Si](C)(C)C(C)(C)C)C=Cc2ccc([N+](=O)[O-])cc21. The second kappa shape index (κ2) is 6.64. The van der Waals surface area contributed by atoms with Crippen molar-refractivity contribution in [3.05, 3.63) is 40.1 Å². The van der Waals surface area contributed by atoms with Crippen molar-refractivity contribution in [2.45, 2.75) is 58.4 Å². The number of benzene rings is 1. The Labute approximate surface area is 150 Å². The zero-order valence-corrected chi connectivity index (χ0v) is 16.9. The highest BCUT2D eigenvalue weighted by Gasteiger charge is 2.50. The van der Waals surface area contributed by atoms with Crippen LogP contribution in [0.5, 0.6) is 0 Å². The molecule has 0 aromatic heterocycles. The molecule has 1 aromatic rings. The molecule has 2 unspecified atom stereocenters. The van der Waals surface area contributed by atoms with E-state index in [1.54, 1.807) is 12.1 Å². The Morgan fingerprint density at radius 2 is 2.00 bits per heavy atom. The normalized spacial score (nSPS) is 21.2. The van der Waals surface area contributed by atoms with Crippen LogP contribution in [0.25, 0.3) is 6.08 Å². The number of fused-ring (bicyclic) bond motifs is 1. The number of nitrogens with zero attached hydrogens (tertiary/aromatic N) is 2. The van der Waals surface area contributed by atoms with Crippen LogP contribution in [-0.4, -0.2) is 31.0 Å². The van der Waals surface area contributed by atoms with Gasteiger partial charge in [0.1, 0.15) is 18.8 Å². The molecule has 1 aromatic carbocycles. The van der Waals surface area contributed by atoms with Crippen molar-refractivity contribution in [2.24, 2.45) is 0 Å². The summed E-state index contributed by atoms with van der Waals surface area (Å²) < 4.78 is 6.71. The van der Waals surface area contributed by atoms with Crippen LogP contribution in [-0.2, 0) is 4.53 Å². The van der Waals surface area contributed by atoms with Gasteiger partial charge in [-0.3, -0.25) is 10.1 Å². The molecule has 2 atom stereocenters. The summed E-state index contributed by atoms with van der Waals surface area (Å²) >= 11 is 0. The minimum atomic E-state index is -2.19. The van der Waals surface area contributed by atoms with Crippen molar-refractivity contribution in [3.63, 3.8) is 0 Å². The second-order valence-electron chi connectivity index (χ2n) is 8.21. The Bertz CT molecular complexity index is 697.